The molecule has 0 aliphatic carbocycles. The smallest absolute Gasteiger partial charge is 0.173 e. The molecule has 0 fully saturated rings. The minimum atomic E-state index is 0.137. The number of hydrogen-bond acceptors (Lipinski definition) is 3. The Kier molecular flexibility index (Phi) is 4.79. The minimum Gasteiger partial charge on any atom is -0.334 e. The largest absolute Gasteiger partial charge is 0.334 e. The van der Waals surface area contributed by atoms with Crippen LogP contribution < -0.4 is 5.49 Å². The van der Waals surface area contributed by atoms with E-state index in [1.807, 2.05) is 47.1 Å². The topological polar surface area (TPSA) is 70.3 Å². The molecule has 0 radical (unpaired) electrons. The molecule has 0 unspecified atom stereocenters. The van der Waals surface area contributed by atoms with Gasteiger partial charge in [-0.1, -0.05) is 65.7 Å². The first-order valence-electron chi connectivity index (χ1n) is 8.27. The van der Waals surface area contributed by atoms with E-state index in [1.54, 1.807) is 24.5 Å². The molecule has 2 N–H and O–H groups in total. The van der Waals surface area contributed by atoms with Crippen LogP contribution in [-0.4, -0.2) is 19.5 Å². The standard InChI is InChI=1S/C20H15Cl2N5/c21-15-7-4-8-16(22)14(15)11-27-12-24-19(23)18-20(27)26-17(25-18)10-9-13-5-2-1-3-6-13/h1-10,12,23H,11H2,(H,25,26)/b10-9+,23-19?. The van der Waals surface area contributed by atoms with E-state index in [2.05, 4.69) is 15.0 Å². The molecule has 0 saturated carbocycles. The molecule has 134 valence electrons. The summed E-state index contributed by atoms with van der Waals surface area (Å²) < 4.78 is 1.83. The second-order valence-electron chi connectivity index (χ2n) is 5.99. The third kappa shape index (κ3) is 3.65. The SMILES string of the molecule is N=c1ncn(Cc2c(Cl)cccc2Cl)c2nc(/C=C/c3ccccc3)[nH]c12. The molecular formula is C20H15Cl2N5. The molecular weight excluding hydrogens is 381 g/mol. The summed E-state index contributed by atoms with van der Waals surface area (Å²) in [7, 11) is 0. The van der Waals surface area contributed by atoms with Crippen LogP contribution in [0.5, 0.6) is 0 Å². The molecule has 27 heavy (non-hydrogen) atoms. The van der Waals surface area contributed by atoms with Crippen LogP contribution in [0.15, 0.2) is 54.9 Å². The lowest BCUT2D eigenvalue weighted by molar-refractivity contribution is 0.784. The second-order valence-corrected chi connectivity index (χ2v) is 6.80. The van der Waals surface area contributed by atoms with Crippen LogP contribution >= 0.6 is 23.2 Å². The third-order valence-corrected chi connectivity index (χ3v) is 4.87. The van der Waals surface area contributed by atoms with Crippen LogP contribution in [-0.2, 0) is 6.54 Å². The first kappa shape index (κ1) is 17.5. The van der Waals surface area contributed by atoms with E-state index >= 15 is 0 Å². The van der Waals surface area contributed by atoms with Gasteiger partial charge in [0, 0.05) is 15.6 Å². The molecule has 0 saturated heterocycles. The van der Waals surface area contributed by atoms with E-state index in [1.165, 1.54) is 0 Å². The van der Waals surface area contributed by atoms with E-state index in [4.69, 9.17) is 28.6 Å². The Bertz CT molecular complexity index is 1170. The van der Waals surface area contributed by atoms with Crippen molar-refractivity contribution in [2.24, 2.45) is 0 Å². The van der Waals surface area contributed by atoms with E-state index in [-0.39, 0.29) is 5.49 Å². The van der Waals surface area contributed by atoms with Gasteiger partial charge < -0.3 is 9.55 Å². The molecule has 2 heterocycles. The molecule has 0 bridgehead atoms. The monoisotopic (exact) mass is 395 g/mol. The van der Waals surface area contributed by atoms with Crippen molar-refractivity contribution in [2.45, 2.75) is 6.54 Å². The van der Waals surface area contributed by atoms with E-state index < -0.39 is 0 Å². The lowest BCUT2D eigenvalue weighted by Gasteiger charge is -2.10. The van der Waals surface area contributed by atoms with Crippen molar-refractivity contribution >= 4 is 46.5 Å². The van der Waals surface area contributed by atoms with Crippen LogP contribution in [0.2, 0.25) is 10.0 Å². The molecule has 4 aromatic rings. The predicted octanol–water partition coefficient (Wildman–Crippen LogP) is 4.76. The number of rotatable bonds is 4. The molecule has 0 aliphatic rings. The Balaban J connectivity index is 1.75. The summed E-state index contributed by atoms with van der Waals surface area (Å²) in [5.74, 6) is 0.648. The van der Waals surface area contributed by atoms with Crippen LogP contribution in [0.3, 0.4) is 0 Å². The summed E-state index contributed by atoms with van der Waals surface area (Å²) in [6.07, 6.45) is 5.42. The number of H-pyrrole nitrogens is 1. The summed E-state index contributed by atoms with van der Waals surface area (Å²) in [6, 6.07) is 15.3. The normalized spacial score (nSPS) is 11.5. The summed E-state index contributed by atoms with van der Waals surface area (Å²) in [5.41, 5.74) is 3.18. The Hall–Kier alpha value is -2.89. The zero-order valence-electron chi connectivity index (χ0n) is 14.2. The number of aromatic nitrogens is 4. The molecule has 4 rings (SSSR count). The molecule has 5 nitrogen and oxygen atoms in total. The number of halogens is 2. The first-order chi connectivity index (χ1) is 13.1. The van der Waals surface area contributed by atoms with Gasteiger partial charge in [-0.3, -0.25) is 5.41 Å². The van der Waals surface area contributed by atoms with Crippen LogP contribution in [0.25, 0.3) is 23.3 Å². The maximum atomic E-state index is 8.06. The number of benzene rings is 2. The van der Waals surface area contributed by atoms with Crippen LogP contribution in [0, 0.1) is 5.41 Å². The molecule has 2 aromatic carbocycles. The summed E-state index contributed by atoms with van der Waals surface area (Å²) in [6.45, 7) is 0.412. The molecule has 7 heteroatoms. The lowest BCUT2D eigenvalue weighted by atomic mass is 10.2. The lowest BCUT2D eigenvalue weighted by Crippen LogP contribution is -2.13. The number of imidazole rings is 1. The predicted molar refractivity (Wildman–Crippen MR) is 109 cm³/mol. The summed E-state index contributed by atoms with van der Waals surface area (Å²) >= 11 is 12.6. The number of nitrogens with zero attached hydrogens (tertiary/aromatic N) is 3. The van der Waals surface area contributed by atoms with Gasteiger partial charge in [-0.15, -0.1) is 0 Å². The zero-order chi connectivity index (χ0) is 18.8. The Labute approximate surface area is 165 Å². The van der Waals surface area contributed by atoms with E-state index in [0.717, 1.165) is 11.1 Å². The fraction of sp³-hybridized carbons (Fsp3) is 0.0500. The van der Waals surface area contributed by atoms with Gasteiger partial charge in [0.2, 0.25) is 0 Å². The van der Waals surface area contributed by atoms with Crippen molar-refractivity contribution in [1.82, 2.24) is 19.5 Å². The maximum absolute atomic E-state index is 8.06. The third-order valence-electron chi connectivity index (χ3n) is 4.16. The van der Waals surface area contributed by atoms with E-state index in [9.17, 15) is 0 Å². The fourth-order valence-electron chi connectivity index (χ4n) is 2.79. The average molecular weight is 396 g/mol. The van der Waals surface area contributed by atoms with Crippen molar-refractivity contribution in [2.75, 3.05) is 0 Å². The molecule has 2 aromatic heterocycles. The molecule has 0 spiro atoms. The van der Waals surface area contributed by atoms with Crippen LogP contribution in [0.1, 0.15) is 17.0 Å². The van der Waals surface area contributed by atoms with Crippen molar-refractivity contribution in [3.63, 3.8) is 0 Å². The molecule has 0 atom stereocenters. The van der Waals surface area contributed by atoms with Gasteiger partial charge in [0.05, 0.1) is 12.9 Å². The Morgan fingerprint density at radius 3 is 2.48 bits per heavy atom. The van der Waals surface area contributed by atoms with Gasteiger partial charge in [0.1, 0.15) is 11.3 Å². The van der Waals surface area contributed by atoms with Gasteiger partial charge >= 0.3 is 0 Å². The Morgan fingerprint density at radius 2 is 1.74 bits per heavy atom. The van der Waals surface area contributed by atoms with Crippen molar-refractivity contribution < 1.29 is 0 Å². The molecule has 0 aliphatic heterocycles. The quantitative estimate of drug-likeness (QED) is 0.522. The number of aromatic amines is 1. The summed E-state index contributed by atoms with van der Waals surface area (Å²) in [4.78, 5) is 11.9. The number of fused-ring (bicyclic) bond motifs is 1. The average Bonchev–Trinajstić information content (AvgIpc) is 3.11. The first-order valence-corrected chi connectivity index (χ1v) is 9.03. The minimum absolute atomic E-state index is 0.137. The van der Waals surface area contributed by atoms with Gasteiger partial charge in [-0.25, -0.2) is 9.97 Å². The zero-order valence-corrected chi connectivity index (χ0v) is 15.7. The number of nitrogens with one attached hydrogen (secondary N) is 2. The highest BCUT2D eigenvalue weighted by atomic mass is 35.5. The van der Waals surface area contributed by atoms with Gasteiger partial charge in [0.15, 0.2) is 11.1 Å². The highest BCUT2D eigenvalue weighted by Crippen LogP contribution is 2.25. The highest BCUT2D eigenvalue weighted by Gasteiger charge is 2.11. The van der Waals surface area contributed by atoms with E-state index in [0.29, 0.717) is 33.6 Å². The van der Waals surface area contributed by atoms with Gasteiger partial charge in [-0.2, -0.15) is 0 Å². The van der Waals surface area contributed by atoms with Crippen molar-refractivity contribution in [3.05, 3.63) is 87.3 Å². The maximum Gasteiger partial charge on any atom is 0.173 e. The molecule has 0 amide bonds. The number of hydrogen-bond donors (Lipinski definition) is 2. The van der Waals surface area contributed by atoms with Gasteiger partial charge in [-0.05, 0) is 23.8 Å². The van der Waals surface area contributed by atoms with Gasteiger partial charge in [0.25, 0.3) is 0 Å². The van der Waals surface area contributed by atoms with Crippen molar-refractivity contribution in [3.8, 4) is 0 Å². The fourth-order valence-corrected chi connectivity index (χ4v) is 3.31. The van der Waals surface area contributed by atoms with Crippen molar-refractivity contribution in [1.29, 1.82) is 5.41 Å². The van der Waals surface area contributed by atoms with Crippen LogP contribution in [0.4, 0.5) is 0 Å². The summed E-state index contributed by atoms with van der Waals surface area (Å²) in [5, 5.41) is 9.22. The highest BCUT2D eigenvalue weighted by molar-refractivity contribution is 6.36. The second kappa shape index (κ2) is 7.39. The Morgan fingerprint density at radius 1 is 1.00 bits per heavy atom.